The average molecular weight is 235 g/mol. The fourth-order valence-corrected chi connectivity index (χ4v) is 2.41. The van der Waals surface area contributed by atoms with E-state index in [2.05, 4.69) is 26.1 Å². The van der Waals surface area contributed by atoms with Crippen molar-refractivity contribution in [2.45, 2.75) is 46.1 Å². The lowest BCUT2D eigenvalue weighted by atomic mass is 9.80. The molecule has 0 rings (SSSR count). The molecule has 0 heterocycles. The minimum Gasteiger partial charge on any atom is -0.316 e. The van der Waals surface area contributed by atoms with Gasteiger partial charge in [0, 0.05) is 18.1 Å². The monoisotopic (exact) mass is 235 g/mol. The van der Waals surface area contributed by atoms with Crippen LogP contribution in [0.4, 0.5) is 0 Å². The number of nitrogens with one attached hydrogen (secondary N) is 1. The summed E-state index contributed by atoms with van der Waals surface area (Å²) in [7, 11) is -0.861. The van der Waals surface area contributed by atoms with E-state index in [4.69, 9.17) is 0 Å². The Morgan fingerprint density at radius 3 is 2.20 bits per heavy atom. The van der Waals surface area contributed by atoms with Gasteiger partial charge in [0.15, 0.2) is 0 Å². The third-order valence-electron chi connectivity index (χ3n) is 3.21. The third kappa shape index (κ3) is 6.15. The molecule has 15 heavy (non-hydrogen) atoms. The van der Waals surface area contributed by atoms with Crippen molar-refractivity contribution in [3.05, 3.63) is 0 Å². The van der Waals surface area contributed by atoms with E-state index in [1.165, 1.54) is 6.26 Å². The molecule has 1 N–H and O–H groups in total. The molecule has 0 spiro atoms. The zero-order chi connectivity index (χ0) is 12.1. The number of hydrogen-bond acceptors (Lipinski definition) is 3. The molecule has 0 radical (unpaired) electrons. The van der Waals surface area contributed by atoms with E-state index in [0.29, 0.717) is 11.8 Å². The Kier molecular flexibility index (Phi) is 5.81. The van der Waals surface area contributed by atoms with Gasteiger partial charge < -0.3 is 5.32 Å². The van der Waals surface area contributed by atoms with Crippen LogP contribution in [0.25, 0.3) is 0 Å². The molecule has 3 nitrogen and oxygen atoms in total. The molecule has 0 aliphatic heterocycles. The minimum absolute atomic E-state index is 0.228. The first-order valence-electron chi connectivity index (χ1n) is 5.58. The summed E-state index contributed by atoms with van der Waals surface area (Å²) in [6.45, 7) is 6.60. The molecule has 0 aliphatic rings. The molecule has 0 saturated heterocycles. The van der Waals surface area contributed by atoms with E-state index in [9.17, 15) is 8.42 Å². The average Bonchev–Trinajstić information content (AvgIpc) is 2.10. The highest BCUT2D eigenvalue weighted by Crippen LogP contribution is 2.27. The molecule has 0 aromatic heterocycles. The van der Waals surface area contributed by atoms with E-state index in [0.717, 1.165) is 19.3 Å². The Balaban J connectivity index is 4.13. The molecular formula is C11H25NO2S. The van der Waals surface area contributed by atoms with Crippen molar-refractivity contribution in [3.63, 3.8) is 0 Å². The van der Waals surface area contributed by atoms with Gasteiger partial charge in [0.1, 0.15) is 9.84 Å². The van der Waals surface area contributed by atoms with Crippen LogP contribution < -0.4 is 5.32 Å². The van der Waals surface area contributed by atoms with Crippen LogP contribution in [0.15, 0.2) is 0 Å². The molecule has 0 aromatic carbocycles. The van der Waals surface area contributed by atoms with E-state index in [1.807, 2.05) is 7.05 Å². The van der Waals surface area contributed by atoms with Crippen molar-refractivity contribution in [3.8, 4) is 0 Å². The maximum atomic E-state index is 11.0. The number of sulfone groups is 1. The summed E-state index contributed by atoms with van der Waals surface area (Å²) < 4.78 is 22.0. The van der Waals surface area contributed by atoms with Crippen molar-refractivity contribution >= 4 is 9.84 Å². The maximum absolute atomic E-state index is 11.0. The Hall–Kier alpha value is -0.0900. The Bertz CT molecular complexity index is 270. The Labute approximate surface area is 94.6 Å². The van der Waals surface area contributed by atoms with Crippen molar-refractivity contribution in [1.82, 2.24) is 5.32 Å². The second-order valence-electron chi connectivity index (χ2n) is 4.96. The van der Waals surface area contributed by atoms with Crippen LogP contribution in [0.3, 0.4) is 0 Å². The number of rotatable bonds is 7. The molecule has 0 fully saturated rings. The van der Waals surface area contributed by atoms with Crippen molar-refractivity contribution < 1.29 is 8.42 Å². The zero-order valence-corrected chi connectivity index (χ0v) is 11.4. The smallest absolute Gasteiger partial charge is 0.147 e. The van der Waals surface area contributed by atoms with Crippen LogP contribution >= 0.6 is 0 Å². The maximum Gasteiger partial charge on any atom is 0.147 e. The van der Waals surface area contributed by atoms with Gasteiger partial charge in [0.25, 0.3) is 0 Å². The van der Waals surface area contributed by atoms with Crippen LogP contribution in [0.1, 0.15) is 40.0 Å². The molecule has 0 aliphatic carbocycles. The minimum atomic E-state index is -2.81. The largest absolute Gasteiger partial charge is 0.316 e. The van der Waals surface area contributed by atoms with Gasteiger partial charge in [-0.25, -0.2) is 8.42 Å². The highest BCUT2D eigenvalue weighted by Gasteiger charge is 2.25. The van der Waals surface area contributed by atoms with Crippen LogP contribution in [-0.4, -0.2) is 33.5 Å². The van der Waals surface area contributed by atoms with Gasteiger partial charge in [-0.15, -0.1) is 0 Å². The summed E-state index contributed by atoms with van der Waals surface area (Å²) in [6, 6.07) is 0.393. The second kappa shape index (κ2) is 5.85. The van der Waals surface area contributed by atoms with Gasteiger partial charge in [-0.05, 0) is 31.7 Å². The molecular weight excluding hydrogens is 210 g/mol. The van der Waals surface area contributed by atoms with Crippen LogP contribution in [-0.2, 0) is 9.84 Å². The molecule has 0 amide bonds. The SMILES string of the molecule is CCC(C)(C)C(CCCS(C)(=O)=O)NC. The molecule has 1 unspecified atom stereocenters. The topological polar surface area (TPSA) is 46.2 Å². The molecule has 0 saturated carbocycles. The first kappa shape index (κ1) is 14.9. The van der Waals surface area contributed by atoms with Crippen LogP contribution in [0.5, 0.6) is 0 Å². The van der Waals surface area contributed by atoms with Gasteiger partial charge in [0.2, 0.25) is 0 Å². The van der Waals surface area contributed by atoms with Gasteiger partial charge >= 0.3 is 0 Å². The van der Waals surface area contributed by atoms with E-state index >= 15 is 0 Å². The summed E-state index contributed by atoms with van der Waals surface area (Å²) in [5.41, 5.74) is 0.228. The summed E-state index contributed by atoms with van der Waals surface area (Å²) in [5, 5.41) is 3.28. The lowest BCUT2D eigenvalue weighted by molar-refractivity contribution is 0.229. The lowest BCUT2D eigenvalue weighted by Crippen LogP contribution is -2.39. The standard InChI is InChI=1S/C11H25NO2S/c1-6-11(2,3)10(12-4)8-7-9-15(5,13)14/h10,12H,6-9H2,1-5H3. The van der Waals surface area contributed by atoms with Gasteiger partial charge in [0.05, 0.1) is 0 Å². The predicted octanol–water partition coefficient (Wildman–Crippen LogP) is 1.84. The fourth-order valence-electron chi connectivity index (χ4n) is 1.72. The Morgan fingerprint density at radius 2 is 1.87 bits per heavy atom. The molecule has 1 atom stereocenters. The van der Waals surface area contributed by atoms with E-state index < -0.39 is 9.84 Å². The van der Waals surface area contributed by atoms with E-state index in [1.54, 1.807) is 0 Å². The summed E-state index contributed by atoms with van der Waals surface area (Å²) in [4.78, 5) is 0. The predicted molar refractivity (Wildman–Crippen MR) is 65.9 cm³/mol. The fraction of sp³-hybridized carbons (Fsp3) is 1.00. The first-order chi connectivity index (χ1) is 6.73. The van der Waals surface area contributed by atoms with Crippen LogP contribution in [0.2, 0.25) is 0 Å². The Morgan fingerprint density at radius 1 is 1.33 bits per heavy atom. The lowest BCUT2D eigenvalue weighted by Gasteiger charge is -2.33. The normalized spacial score (nSPS) is 15.3. The molecule has 0 aromatic rings. The summed E-state index contributed by atoms with van der Waals surface area (Å²) in [6.07, 6.45) is 4.06. The summed E-state index contributed by atoms with van der Waals surface area (Å²) >= 11 is 0. The second-order valence-corrected chi connectivity index (χ2v) is 7.22. The van der Waals surface area contributed by atoms with Crippen LogP contribution in [0, 0.1) is 5.41 Å². The first-order valence-corrected chi connectivity index (χ1v) is 7.64. The molecule has 4 heteroatoms. The quantitative estimate of drug-likeness (QED) is 0.732. The molecule has 92 valence electrons. The molecule has 0 bridgehead atoms. The summed E-state index contributed by atoms with van der Waals surface area (Å²) in [5.74, 6) is 0.297. The van der Waals surface area contributed by atoms with Gasteiger partial charge in [-0.1, -0.05) is 20.8 Å². The highest BCUT2D eigenvalue weighted by atomic mass is 32.2. The van der Waals surface area contributed by atoms with Crippen molar-refractivity contribution in [2.24, 2.45) is 5.41 Å². The zero-order valence-electron chi connectivity index (χ0n) is 10.6. The van der Waals surface area contributed by atoms with Gasteiger partial charge in [-0.2, -0.15) is 0 Å². The van der Waals surface area contributed by atoms with Crippen molar-refractivity contribution in [1.29, 1.82) is 0 Å². The number of hydrogen-bond donors (Lipinski definition) is 1. The van der Waals surface area contributed by atoms with Gasteiger partial charge in [-0.3, -0.25) is 0 Å². The van der Waals surface area contributed by atoms with Crippen molar-refractivity contribution in [2.75, 3.05) is 19.1 Å². The highest BCUT2D eigenvalue weighted by molar-refractivity contribution is 7.90. The third-order valence-corrected chi connectivity index (χ3v) is 4.24. The van der Waals surface area contributed by atoms with E-state index in [-0.39, 0.29) is 5.41 Å².